The standard InChI is InChI=1S/C15H17N.C6H10/c1-15(2,3)10-7-8-14-12(9-10)11-5-4-6-13(11)16-14;1-3-5-6-4-2/h4-5,7-9,16H,6H2,1-3H3;3,5-6H,1,4H2,2H3/b;6-5-. The van der Waals surface area contributed by atoms with E-state index in [2.05, 4.69) is 75.7 Å². The molecule has 0 amide bonds. The summed E-state index contributed by atoms with van der Waals surface area (Å²) in [6.07, 6.45) is 12.4. The van der Waals surface area contributed by atoms with Crippen LogP contribution in [0, 0.1) is 0 Å². The van der Waals surface area contributed by atoms with Crippen LogP contribution in [0.1, 0.15) is 50.9 Å². The van der Waals surface area contributed by atoms with Crippen molar-refractivity contribution >= 4 is 17.0 Å². The van der Waals surface area contributed by atoms with E-state index in [9.17, 15) is 0 Å². The number of aromatic nitrogens is 1. The van der Waals surface area contributed by atoms with Crippen molar-refractivity contribution in [2.75, 3.05) is 0 Å². The third-order valence-corrected chi connectivity index (χ3v) is 3.90. The first-order chi connectivity index (χ1) is 10.5. The SMILES string of the molecule is C=C/C=C\CC.CC(C)(C)c1ccc2[nH]c3c(c2c1)C=CC3. The van der Waals surface area contributed by atoms with Crippen molar-refractivity contribution in [2.24, 2.45) is 0 Å². The number of nitrogens with one attached hydrogen (secondary N) is 1. The molecule has 3 rings (SSSR count). The lowest BCUT2D eigenvalue weighted by Crippen LogP contribution is -2.10. The highest BCUT2D eigenvalue weighted by atomic mass is 14.7. The van der Waals surface area contributed by atoms with Crippen LogP contribution in [0.2, 0.25) is 0 Å². The van der Waals surface area contributed by atoms with Gasteiger partial charge in [0, 0.05) is 28.6 Å². The summed E-state index contributed by atoms with van der Waals surface area (Å²) < 4.78 is 0. The highest BCUT2D eigenvalue weighted by Gasteiger charge is 2.17. The molecule has 116 valence electrons. The van der Waals surface area contributed by atoms with Crippen molar-refractivity contribution < 1.29 is 0 Å². The maximum Gasteiger partial charge on any atom is 0.0462 e. The summed E-state index contributed by atoms with van der Waals surface area (Å²) in [7, 11) is 0. The third-order valence-electron chi connectivity index (χ3n) is 3.90. The van der Waals surface area contributed by atoms with E-state index < -0.39 is 0 Å². The second kappa shape index (κ2) is 6.83. The Bertz CT molecular complexity index is 705. The molecule has 0 bridgehead atoms. The van der Waals surface area contributed by atoms with Gasteiger partial charge in [0.15, 0.2) is 0 Å². The number of hydrogen-bond acceptors (Lipinski definition) is 0. The van der Waals surface area contributed by atoms with Crippen molar-refractivity contribution in [2.45, 2.75) is 46.0 Å². The van der Waals surface area contributed by atoms with Crippen molar-refractivity contribution in [3.8, 4) is 0 Å². The lowest BCUT2D eigenvalue weighted by atomic mass is 9.86. The Morgan fingerprint density at radius 3 is 2.64 bits per heavy atom. The lowest BCUT2D eigenvalue weighted by molar-refractivity contribution is 0.591. The molecule has 0 radical (unpaired) electrons. The number of aromatic amines is 1. The van der Waals surface area contributed by atoms with E-state index in [4.69, 9.17) is 0 Å². The molecule has 1 heteroatoms. The highest BCUT2D eigenvalue weighted by molar-refractivity contribution is 5.92. The number of benzene rings is 1. The Morgan fingerprint density at radius 1 is 1.27 bits per heavy atom. The van der Waals surface area contributed by atoms with Crippen LogP contribution in [0.15, 0.2) is 49.1 Å². The molecule has 2 aromatic rings. The van der Waals surface area contributed by atoms with Gasteiger partial charge in [-0.15, -0.1) is 0 Å². The minimum atomic E-state index is 0.223. The van der Waals surface area contributed by atoms with E-state index in [1.165, 1.54) is 27.7 Å². The van der Waals surface area contributed by atoms with Crippen molar-refractivity contribution in [3.63, 3.8) is 0 Å². The van der Waals surface area contributed by atoms with Gasteiger partial charge in [-0.05, 0) is 29.5 Å². The van der Waals surface area contributed by atoms with Gasteiger partial charge in [-0.2, -0.15) is 0 Å². The van der Waals surface area contributed by atoms with Gasteiger partial charge < -0.3 is 4.98 Å². The molecule has 1 N–H and O–H groups in total. The molecule has 0 unspecified atom stereocenters. The Labute approximate surface area is 134 Å². The zero-order valence-corrected chi connectivity index (χ0v) is 14.2. The number of H-pyrrole nitrogens is 1. The van der Waals surface area contributed by atoms with Crippen molar-refractivity contribution in [1.82, 2.24) is 4.98 Å². The second-order valence-electron chi connectivity index (χ2n) is 6.71. The van der Waals surface area contributed by atoms with Gasteiger partial charge in [-0.1, -0.05) is 70.7 Å². The zero-order valence-electron chi connectivity index (χ0n) is 14.2. The monoisotopic (exact) mass is 293 g/mol. The number of hydrogen-bond donors (Lipinski definition) is 1. The summed E-state index contributed by atoms with van der Waals surface area (Å²) in [4.78, 5) is 3.49. The smallest absolute Gasteiger partial charge is 0.0462 e. The van der Waals surface area contributed by atoms with E-state index >= 15 is 0 Å². The van der Waals surface area contributed by atoms with Crippen molar-refractivity contribution in [3.05, 3.63) is 65.9 Å². The molecule has 1 aliphatic carbocycles. The van der Waals surface area contributed by atoms with Gasteiger partial charge in [0.05, 0.1) is 0 Å². The van der Waals surface area contributed by atoms with E-state index in [1.54, 1.807) is 6.08 Å². The Hall–Kier alpha value is -2.02. The highest BCUT2D eigenvalue weighted by Crippen LogP contribution is 2.32. The van der Waals surface area contributed by atoms with E-state index in [0.717, 1.165) is 12.8 Å². The molecule has 0 fully saturated rings. The Kier molecular flexibility index (Phi) is 5.07. The van der Waals surface area contributed by atoms with Crippen molar-refractivity contribution in [1.29, 1.82) is 0 Å². The van der Waals surface area contributed by atoms with Gasteiger partial charge in [0.25, 0.3) is 0 Å². The topological polar surface area (TPSA) is 15.8 Å². The maximum absolute atomic E-state index is 3.51. The van der Waals surface area contributed by atoms with Crippen LogP contribution in [0.4, 0.5) is 0 Å². The first-order valence-corrected chi connectivity index (χ1v) is 8.06. The number of fused-ring (bicyclic) bond motifs is 3. The summed E-state index contributed by atoms with van der Waals surface area (Å²) in [5, 5.41) is 1.37. The van der Waals surface area contributed by atoms with Crippen LogP contribution < -0.4 is 0 Å². The molecular weight excluding hydrogens is 266 g/mol. The summed E-state index contributed by atoms with van der Waals surface area (Å²) in [6.45, 7) is 12.4. The van der Waals surface area contributed by atoms with Crippen LogP contribution in [0.5, 0.6) is 0 Å². The summed E-state index contributed by atoms with van der Waals surface area (Å²) >= 11 is 0. The van der Waals surface area contributed by atoms with Crippen LogP contribution in [-0.2, 0) is 11.8 Å². The van der Waals surface area contributed by atoms with Crippen LogP contribution >= 0.6 is 0 Å². The van der Waals surface area contributed by atoms with Gasteiger partial charge in [0.1, 0.15) is 0 Å². The normalized spacial score (nSPS) is 13.3. The Morgan fingerprint density at radius 2 is 2.05 bits per heavy atom. The first-order valence-electron chi connectivity index (χ1n) is 8.06. The third kappa shape index (κ3) is 3.59. The van der Waals surface area contributed by atoms with E-state index in [-0.39, 0.29) is 5.41 Å². The molecular formula is C21H27N. The van der Waals surface area contributed by atoms with Gasteiger partial charge in [-0.3, -0.25) is 0 Å². The molecule has 1 nitrogen and oxygen atoms in total. The number of allylic oxidation sites excluding steroid dienone is 4. The lowest BCUT2D eigenvalue weighted by Gasteiger charge is -2.18. The molecule has 1 aromatic carbocycles. The number of rotatable bonds is 2. The molecule has 1 aliphatic rings. The fourth-order valence-electron chi connectivity index (χ4n) is 2.61. The molecule has 0 spiro atoms. The fraction of sp³-hybridized carbons (Fsp3) is 0.333. The largest absolute Gasteiger partial charge is 0.358 e. The maximum atomic E-state index is 3.51. The average molecular weight is 293 g/mol. The van der Waals surface area contributed by atoms with Gasteiger partial charge in [-0.25, -0.2) is 0 Å². The summed E-state index contributed by atoms with van der Waals surface area (Å²) in [5.41, 5.74) is 5.65. The first kappa shape index (κ1) is 16.4. The van der Waals surface area contributed by atoms with Crippen LogP contribution in [0.3, 0.4) is 0 Å². The fourth-order valence-corrected chi connectivity index (χ4v) is 2.61. The Balaban J connectivity index is 0.000000254. The minimum absolute atomic E-state index is 0.223. The van der Waals surface area contributed by atoms with E-state index in [0.29, 0.717) is 0 Å². The van der Waals surface area contributed by atoms with Crippen LogP contribution in [-0.4, -0.2) is 4.98 Å². The molecule has 0 saturated carbocycles. The van der Waals surface area contributed by atoms with E-state index in [1.807, 2.05) is 6.08 Å². The zero-order chi connectivity index (χ0) is 16.2. The molecule has 1 aromatic heterocycles. The molecule has 0 saturated heterocycles. The molecule has 1 heterocycles. The predicted octanol–water partition coefficient (Wildman–Crippen LogP) is 6.17. The summed E-state index contributed by atoms with van der Waals surface area (Å²) in [6, 6.07) is 6.78. The quantitative estimate of drug-likeness (QED) is 0.637. The van der Waals surface area contributed by atoms with Gasteiger partial charge in [0.2, 0.25) is 0 Å². The average Bonchev–Trinajstić information content (AvgIpc) is 3.04. The second-order valence-corrected chi connectivity index (χ2v) is 6.71. The molecule has 0 atom stereocenters. The summed E-state index contributed by atoms with van der Waals surface area (Å²) in [5.74, 6) is 0. The molecule has 0 aliphatic heterocycles. The molecule has 22 heavy (non-hydrogen) atoms. The van der Waals surface area contributed by atoms with Crippen LogP contribution in [0.25, 0.3) is 17.0 Å². The van der Waals surface area contributed by atoms with Gasteiger partial charge >= 0.3 is 0 Å². The minimum Gasteiger partial charge on any atom is -0.358 e. The predicted molar refractivity (Wildman–Crippen MR) is 99.4 cm³/mol.